The van der Waals surface area contributed by atoms with Crippen molar-refractivity contribution >= 4 is 21.9 Å². The van der Waals surface area contributed by atoms with Crippen LogP contribution in [0.4, 0.5) is 8.78 Å². The largest absolute Gasteiger partial charge is 0.481 e. The van der Waals surface area contributed by atoms with Gasteiger partial charge in [0, 0.05) is 13.1 Å². The van der Waals surface area contributed by atoms with Gasteiger partial charge in [-0.25, -0.2) is 21.9 Å². The van der Waals surface area contributed by atoms with Crippen LogP contribution in [0.1, 0.15) is 18.4 Å². The lowest BCUT2D eigenvalue weighted by atomic mass is 10.1. The van der Waals surface area contributed by atoms with Gasteiger partial charge in [-0.2, -0.15) is 0 Å². The van der Waals surface area contributed by atoms with E-state index in [2.05, 4.69) is 4.72 Å². The van der Waals surface area contributed by atoms with Crippen LogP contribution >= 0.6 is 0 Å². The van der Waals surface area contributed by atoms with E-state index in [1.165, 1.54) is 6.07 Å². The van der Waals surface area contributed by atoms with Crippen LogP contribution in [0.15, 0.2) is 18.2 Å². The summed E-state index contributed by atoms with van der Waals surface area (Å²) in [5, 5.41) is 8.78. The van der Waals surface area contributed by atoms with Gasteiger partial charge in [-0.3, -0.25) is 9.59 Å². The SMILES string of the molecule is O=C(O)CCN(Cc1ccc(F)c(F)c1)C(=O)C1CCS(=O)(=O)N1. The number of carbonyl (C=O) groups excluding carboxylic acids is 1. The molecule has 1 fully saturated rings. The van der Waals surface area contributed by atoms with Crippen molar-refractivity contribution in [2.75, 3.05) is 12.3 Å². The molecule has 0 saturated carbocycles. The molecule has 0 aliphatic carbocycles. The van der Waals surface area contributed by atoms with E-state index in [0.717, 1.165) is 17.0 Å². The second-order valence-electron chi connectivity index (χ2n) is 5.43. The van der Waals surface area contributed by atoms with Gasteiger partial charge < -0.3 is 10.0 Å². The normalized spacial score (nSPS) is 19.2. The summed E-state index contributed by atoms with van der Waals surface area (Å²) in [6.45, 7) is -0.326. The van der Waals surface area contributed by atoms with Gasteiger partial charge in [-0.1, -0.05) is 6.07 Å². The zero-order valence-corrected chi connectivity index (χ0v) is 13.4. The molecule has 1 aliphatic rings. The molecule has 7 nitrogen and oxygen atoms in total. The second-order valence-corrected chi connectivity index (χ2v) is 7.30. The van der Waals surface area contributed by atoms with Gasteiger partial charge in [0.15, 0.2) is 11.6 Å². The van der Waals surface area contributed by atoms with Crippen molar-refractivity contribution in [2.45, 2.75) is 25.4 Å². The molecule has 1 heterocycles. The van der Waals surface area contributed by atoms with E-state index in [4.69, 9.17) is 5.11 Å². The number of aliphatic carboxylic acids is 1. The molecule has 0 radical (unpaired) electrons. The number of nitrogens with zero attached hydrogens (tertiary/aromatic N) is 1. The zero-order valence-electron chi connectivity index (χ0n) is 12.5. The molecular formula is C14H16F2N2O5S. The number of carboxylic acids is 1. The number of carbonyl (C=O) groups is 2. The smallest absolute Gasteiger partial charge is 0.305 e. The van der Waals surface area contributed by atoms with E-state index in [0.29, 0.717) is 0 Å². The predicted molar refractivity (Wildman–Crippen MR) is 79.4 cm³/mol. The van der Waals surface area contributed by atoms with E-state index in [-0.39, 0.29) is 37.2 Å². The average Bonchev–Trinajstić information content (AvgIpc) is 2.86. The Kier molecular flexibility index (Phi) is 5.50. The first-order valence-corrected chi connectivity index (χ1v) is 8.78. The predicted octanol–water partition coefficient (Wildman–Crippen LogP) is 0.460. The molecule has 1 aromatic carbocycles. The number of benzene rings is 1. The summed E-state index contributed by atoms with van der Waals surface area (Å²) in [4.78, 5) is 24.3. The Morgan fingerprint density at radius 3 is 2.54 bits per heavy atom. The summed E-state index contributed by atoms with van der Waals surface area (Å²) < 4.78 is 51.3. The number of sulfonamides is 1. The minimum Gasteiger partial charge on any atom is -0.481 e. The van der Waals surface area contributed by atoms with Gasteiger partial charge in [0.2, 0.25) is 15.9 Å². The topological polar surface area (TPSA) is 104 Å². The Balaban J connectivity index is 2.15. The second kappa shape index (κ2) is 7.22. The van der Waals surface area contributed by atoms with Crippen LogP contribution in [0.5, 0.6) is 0 Å². The molecule has 132 valence electrons. The van der Waals surface area contributed by atoms with Crippen molar-refractivity contribution in [2.24, 2.45) is 0 Å². The highest BCUT2D eigenvalue weighted by Gasteiger charge is 2.34. The number of rotatable bonds is 6. The first kappa shape index (κ1) is 18.3. The summed E-state index contributed by atoms with van der Waals surface area (Å²) in [6, 6.07) is 2.12. The standard InChI is InChI=1S/C14H16F2N2O5S/c15-10-2-1-9(7-11(10)16)8-18(5-3-13(19)20)14(21)12-4-6-24(22,23)17-12/h1-2,7,12,17H,3-6,8H2,(H,19,20). The van der Waals surface area contributed by atoms with Crippen LogP contribution < -0.4 is 4.72 Å². The fraction of sp³-hybridized carbons (Fsp3) is 0.429. The third-order valence-corrected chi connectivity index (χ3v) is 4.98. The zero-order chi connectivity index (χ0) is 17.9. The summed E-state index contributed by atoms with van der Waals surface area (Å²) in [7, 11) is -3.51. The first-order valence-electron chi connectivity index (χ1n) is 7.12. The molecule has 24 heavy (non-hydrogen) atoms. The summed E-state index contributed by atoms with van der Waals surface area (Å²) in [6.07, 6.45) is -0.280. The molecule has 1 unspecified atom stereocenters. The summed E-state index contributed by atoms with van der Waals surface area (Å²) in [5.74, 6) is -4.04. The number of carboxylic acid groups (broad SMARTS) is 1. The molecule has 1 atom stereocenters. The van der Waals surface area contributed by atoms with E-state index >= 15 is 0 Å². The van der Waals surface area contributed by atoms with Crippen molar-refractivity contribution in [3.8, 4) is 0 Å². The maximum atomic E-state index is 13.3. The fourth-order valence-electron chi connectivity index (χ4n) is 2.36. The van der Waals surface area contributed by atoms with Gasteiger partial charge in [-0.05, 0) is 24.1 Å². The maximum Gasteiger partial charge on any atom is 0.305 e. The number of hydrogen-bond donors (Lipinski definition) is 2. The van der Waals surface area contributed by atoms with Crippen LogP contribution in [-0.4, -0.2) is 48.6 Å². The van der Waals surface area contributed by atoms with Crippen molar-refractivity contribution in [3.63, 3.8) is 0 Å². The van der Waals surface area contributed by atoms with Gasteiger partial charge in [-0.15, -0.1) is 0 Å². The molecule has 0 spiro atoms. The molecular weight excluding hydrogens is 346 g/mol. The van der Waals surface area contributed by atoms with Gasteiger partial charge >= 0.3 is 5.97 Å². The Morgan fingerprint density at radius 2 is 2.00 bits per heavy atom. The number of hydrogen-bond acceptors (Lipinski definition) is 4. The van der Waals surface area contributed by atoms with Crippen molar-refractivity contribution in [1.82, 2.24) is 9.62 Å². The molecule has 0 aromatic heterocycles. The van der Waals surface area contributed by atoms with Crippen LogP contribution in [-0.2, 0) is 26.2 Å². The summed E-state index contributed by atoms with van der Waals surface area (Å²) in [5.41, 5.74) is 0.272. The number of amides is 1. The van der Waals surface area contributed by atoms with Gasteiger partial charge in [0.25, 0.3) is 0 Å². The van der Waals surface area contributed by atoms with Crippen molar-refractivity contribution in [1.29, 1.82) is 0 Å². The first-order chi connectivity index (χ1) is 11.2. The maximum absolute atomic E-state index is 13.3. The highest BCUT2D eigenvalue weighted by atomic mass is 32.2. The highest BCUT2D eigenvalue weighted by Crippen LogP contribution is 2.15. The van der Waals surface area contributed by atoms with Crippen LogP contribution in [0.3, 0.4) is 0 Å². The van der Waals surface area contributed by atoms with E-state index in [1.807, 2.05) is 0 Å². The number of nitrogens with one attached hydrogen (secondary N) is 1. The van der Waals surface area contributed by atoms with Gasteiger partial charge in [0.05, 0.1) is 12.2 Å². The monoisotopic (exact) mass is 362 g/mol. The highest BCUT2D eigenvalue weighted by molar-refractivity contribution is 7.89. The van der Waals surface area contributed by atoms with E-state index < -0.39 is 39.6 Å². The lowest BCUT2D eigenvalue weighted by Crippen LogP contribution is -2.44. The molecule has 2 N–H and O–H groups in total. The Bertz CT molecular complexity index is 754. The molecule has 1 amide bonds. The molecule has 1 saturated heterocycles. The lowest BCUT2D eigenvalue weighted by molar-refractivity contribution is -0.139. The molecule has 0 bridgehead atoms. The minimum absolute atomic E-state index is 0.0719. The molecule has 2 rings (SSSR count). The van der Waals surface area contributed by atoms with Crippen LogP contribution in [0.2, 0.25) is 0 Å². The van der Waals surface area contributed by atoms with Crippen LogP contribution in [0, 0.1) is 11.6 Å². The van der Waals surface area contributed by atoms with Crippen LogP contribution in [0.25, 0.3) is 0 Å². The Labute approximate surface area is 137 Å². The third kappa shape index (κ3) is 4.71. The van der Waals surface area contributed by atoms with Gasteiger partial charge in [0.1, 0.15) is 6.04 Å². The van der Waals surface area contributed by atoms with Crippen molar-refractivity contribution in [3.05, 3.63) is 35.4 Å². The van der Waals surface area contributed by atoms with E-state index in [9.17, 15) is 26.8 Å². The number of halogens is 2. The summed E-state index contributed by atoms with van der Waals surface area (Å²) >= 11 is 0. The Hall–Kier alpha value is -2.07. The van der Waals surface area contributed by atoms with E-state index in [1.54, 1.807) is 0 Å². The molecule has 1 aromatic rings. The minimum atomic E-state index is -3.51. The average molecular weight is 362 g/mol. The third-order valence-electron chi connectivity index (χ3n) is 3.56. The fourth-order valence-corrected chi connectivity index (χ4v) is 3.67. The lowest BCUT2D eigenvalue weighted by Gasteiger charge is -2.25. The Morgan fingerprint density at radius 1 is 1.29 bits per heavy atom. The molecule has 10 heteroatoms. The molecule has 1 aliphatic heterocycles. The van der Waals surface area contributed by atoms with Crippen molar-refractivity contribution < 1.29 is 31.9 Å². The quantitative estimate of drug-likeness (QED) is 0.765.